The molecule has 1 aromatic heterocycles. The normalized spacial score (nSPS) is 17.6. The van der Waals surface area contributed by atoms with Gasteiger partial charge in [-0.25, -0.2) is 13.9 Å². The largest absolute Gasteiger partial charge is 0.475 e. The first-order valence-corrected chi connectivity index (χ1v) is 19.8. The van der Waals surface area contributed by atoms with Crippen LogP contribution in [0.4, 0.5) is 0 Å². The van der Waals surface area contributed by atoms with Crippen molar-refractivity contribution in [1.82, 2.24) is 9.55 Å². The van der Waals surface area contributed by atoms with Gasteiger partial charge in [-0.2, -0.15) is 0 Å². The summed E-state index contributed by atoms with van der Waals surface area (Å²) in [5.41, 5.74) is 1.91. The molecule has 0 spiro atoms. The predicted octanol–water partition coefficient (Wildman–Crippen LogP) is 7.62. The second-order valence-electron chi connectivity index (χ2n) is 12.2. The van der Waals surface area contributed by atoms with Gasteiger partial charge in [0.05, 0.1) is 33.0 Å². The number of benzene rings is 4. The SMILES string of the molecule is Cc1cn([C@H]2C[C@H](OP(=O)(OCc3ccccc3)OCc3ccccc3)[C@@H](COP(=O)(OCc3ccccc3)OCc3ccccc3)O2)c(=O)[nH]c1=O. The summed E-state index contributed by atoms with van der Waals surface area (Å²) >= 11 is 0. The maximum Gasteiger partial charge on any atom is 0.475 e. The quantitative estimate of drug-likeness (QED) is 0.0878. The molecule has 0 radical (unpaired) electrons. The number of rotatable bonds is 18. The van der Waals surface area contributed by atoms with Crippen LogP contribution in [0.3, 0.4) is 0 Å². The van der Waals surface area contributed by atoms with Crippen molar-refractivity contribution in [3.8, 4) is 0 Å². The minimum absolute atomic E-state index is 0.0488. The average molecular weight is 763 g/mol. The zero-order valence-electron chi connectivity index (χ0n) is 28.9. The monoisotopic (exact) mass is 762 g/mol. The molecule has 6 rings (SSSR count). The molecule has 1 aliphatic heterocycles. The van der Waals surface area contributed by atoms with E-state index < -0.39 is 51.9 Å². The summed E-state index contributed by atoms with van der Waals surface area (Å²) < 4.78 is 71.4. The number of nitrogens with one attached hydrogen (secondary N) is 1. The highest BCUT2D eigenvalue weighted by Gasteiger charge is 2.45. The highest BCUT2D eigenvalue weighted by atomic mass is 31.2. The predicted molar refractivity (Wildman–Crippen MR) is 196 cm³/mol. The number of nitrogens with zero attached hydrogens (tertiary/aromatic N) is 1. The van der Waals surface area contributed by atoms with Gasteiger partial charge in [-0.3, -0.25) is 41.5 Å². The van der Waals surface area contributed by atoms with E-state index in [1.165, 1.54) is 10.8 Å². The van der Waals surface area contributed by atoms with Crippen LogP contribution >= 0.6 is 15.6 Å². The van der Waals surface area contributed by atoms with Gasteiger partial charge >= 0.3 is 21.3 Å². The van der Waals surface area contributed by atoms with Crippen molar-refractivity contribution in [3.63, 3.8) is 0 Å². The van der Waals surface area contributed by atoms with Crippen molar-refractivity contribution in [2.45, 2.75) is 58.2 Å². The van der Waals surface area contributed by atoms with E-state index in [9.17, 15) is 18.7 Å². The fourth-order valence-electron chi connectivity index (χ4n) is 5.38. The minimum Gasteiger partial charge on any atom is -0.349 e. The van der Waals surface area contributed by atoms with Crippen LogP contribution in [0.2, 0.25) is 0 Å². The molecule has 2 heterocycles. The second kappa shape index (κ2) is 18.2. The van der Waals surface area contributed by atoms with Crippen LogP contribution in [0.25, 0.3) is 0 Å². The Morgan fingerprint density at radius 3 is 1.49 bits per heavy atom. The van der Waals surface area contributed by atoms with Crippen molar-refractivity contribution >= 4 is 15.6 Å². The average Bonchev–Trinajstić information content (AvgIpc) is 3.58. The maximum absolute atomic E-state index is 14.4. The van der Waals surface area contributed by atoms with E-state index in [1.807, 2.05) is 97.1 Å². The van der Waals surface area contributed by atoms with Crippen LogP contribution in [0.15, 0.2) is 137 Å². The van der Waals surface area contributed by atoms with Gasteiger partial charge in [-0.05, 0) is 29.2 Å². The van der Waals surface area contributed by atoms with E-state index in [0.717, 1.165) is 22.3 Å². The summed E-state index contributed by atoms with van der Waals surface area (Å²) in [4.78, 5) is 27.3. The van der Waals surface area contributed by atoms with E-state index in [1.54, 1.807) is 31.2 Å². The first-order chi connectivity index (χ1) is 25.7. The Bertz CT molecular complexity index is 2020. The molecule has 1 aliphatic rings. The first kappa shape index (κ1) is 38.5. The molecule has 13 nitrogen and oxygen atoms in total. The Hall–Kier alpha value is -4.26. The topological polar surface area (TPSA) is 154 Å². The van der Waals surface area contributed by atoms with Crippen molar-refractivity contribution in [2.75, 3.05) is 6.61 Å². The van der Waals surface area contributed by atoms with Gasteiger partial charge in [-0.15, -0.1) is 0 Å². The van der Waals surface area contributed by atoms with E-state index >= 15 is 0 Å². The molecule has 4 aromatic carbocycles. The fourth-order valence-corrected chi connectivity index (χ4v) is 7.92. The van der Waals surface area contributed by atoms with E-state index in [4.69, 9.17) is 31.9 Å². The molecule has 0 bridgehead atoms. The number of H-pyrrole nitrogens is 1. The van der Waals surface area contributed by atoms with Gasteiger partial charge in [0.25, 0.3) is 5.56 Å². The van der Waals surface area contributed by atoms with Gasteiger partial charge in [-0.1, -0.05) is 121 Å². The molecule has 0 unspecified atom stereocenters. The smallest absolute Gasteiger partial charge is 0.349 e. The third-order valence-corrected chi connectivity index (χ3v) is 11.0. The van der Waals surface area contributed by atoms with Crippen molar-refractivity contribution in [3.05, 3.63) is 176 Å². The second-order valence-corrected chi connectivity index (χ2v) is 15.5. The molecule has 1 saturated heterocycles. The Kier molecular flexibility index (Phi) is 13.2. The van der Waals surface area contributed by atoms with E-state index in [2.05, 4.69) is 4.98 Å². The highest BCUT2D eigenvalue weighted by molar-refractivity contribution is 7.48. The lowest BCUT2D eigenvalue weighted by atomic mass is 10.2. The molecule has 15 heteroatoms. The Balaban J connectivity index is 1.26. The Labute approximate surface area is 306 Å². The van der Waals surface area contributed by atoms with Gasteiger partial charge in [0.2, 0.25) is 0 Å². The lowest BCUT2D eigenvalue weighted by molar-refractivity contribution is -0.0509. The molecule has 0 saturated carbocycles. The lowest BCUT2D eigenvalue weighted by Gasteiger charge is -2.25. The number of hydrogen-bond donors (Lipinski definition) is 1. The van der Waals surface area contributed by atoms with Crippen LogP contribution in [0.5, 0.6) is 0 Å². The molecule has 278 valence electrons. The molecule has 0 amide bonds. The number of aromatic amines is 1. The Morgan fingerprint density at radius 2 is 1.06 bits per heavy atom. The third kappa shape index (κ3) is 11.1. The number of hydrogen-bond acceptors (Lipinski definition) is 11. The summed E-state index contributed by atoms with van der Waals surface area (Å²) in [5.74, 6) is 0. The van der Waals surface area contributed by atoms with Crippen LogP contribution in [-0.4, -0.2) is 28.4 Å². The molecule has 0 aliphatic carbocycles. The third-order valence-electron chi connectivity index (χ3n) is 8.23. The van der Waals surface area contributed by atoms with Crippen LogP contribution in [-0.2, 0) is 67.4 Å². The van der Waals surface area contributed by atoms with Gasteiger partial charge in [0.1, 0.15) is 18.4 Å². The summed E-state index contributed by atoms with van der Waals surface area (Å²) in [7, 11) is -8.65. The van der Waals surface area contributed by atoms with Crippen LogP contribution in [0.1, 0.15) is 40.5 Å². The number of aryl methyl sites for hydroxylation is 1. The molecular weight excluding hydrogens is 722 g/mol. The number of ether oxygens (including phenoxy) is 1. The van der Waals surface area contributed by atoms with Gasteiger partial charge in [0, 0.05) is 18.2 Å². The van der Waals surface area contributed by atoms with Crippen LogP contribution < -0.4 is 11.2 Å². The van der Waals surface area contributed by atoms with Gasteiger partial charge < -0.3 is 4.74 Å². The van der Waals surface area contributed by atoms with Crippen molar-refractivity contribution in [2.24, 2.45) is 0 Å². The summed E-state index contributed by atoms with van der Waals surface area (Å²) in [6, 6.07) is 36.4. The van der Waals surface area contributed by atoms with Crippen LogP contribution in [0, 0.1) is 6.92 Å². The molecule has 1 fully saturated rings. The zero-order chi connectivity index (χ0) is 37.1. The van der Waals surface area contributed by atoms with Gasteiger partial charge in [0.15, 0.2) is 0 Å². The summed E-state index contributed by atoms with van der Waals surface area (Å²) in [6.45, 7) is 0.757. The first-order valence-electron chi connectivity index (χ1n) is 16.9. The molecule has 53 heavy (non-hydrogen) atoms. The summed E-state index contributed by atoms with van der Waals surface area (Å²) in [5, 5.41) is 0. The van der Waals surface area contributed by atoms with E-state index in [-0.39, 0.29) is 38.4 Å². The zero-order valence-corrected chi connectivity index (χ0v) is 30.7. The van der Waals surface area contributed by atoms with E-state index in [0.29, 0.717) is 0 Å². The summed E-state index contributed by atoms with van der Waals surface area (Å²) in [6.07, 6.45) is -1.88. The molecule has 3 atom stereocenters. The Morgan fingerprint density at radius 1 is 0.642 bits per heavy atom. The molecule has 1 N–H and O–H groups in total. The standard InChI is InChI=1S/C38H40N2O11P2/c1-29-23-40(38(42)39-37(29)41)36-22-34(51-53(44,47-26-32-18-10-4-11-19-32)48-27-33-20-12-5-13-21-33)35(50-36)28-49-52(43,45-24-30-14-6-2-7-15-30)46-25-31-16-8-3-9-17-31/h2-21,23,34-36H,22,24-28H2,1H3,(H,39,41,42)/t34-,35+,36+/m0/s1. The number of phosphoric ester groups is 2. The fraction of sp³-hybridized carbons (Fsp3) is 0.263. The lowest BCUT2D eigenvalue weighted by Crippen LogP contribution is -2.33. The van der Waals surface area contributed by atoms with Crippen molar-refractivity contribution in [1.29, 1.82) is 0 Å². The highest BCUT2D eigenvalue weighted by Crippen LogP contribution is 2.56. The maximum atomic E-state index is 14.4. The minimum atomic E-state index is -4.37. The van der Waals surface area contributed by atoms with Crippen molar-refractivity contribution < 1.29 is 41.0 Å². The number of aromatic nitrogens is 2. The number of phosphoric acid groups is 2. The molecular formula is C38H40N2O11P2. The molecule has 5 aromatic rings.